The Hall–Kier alpha value is -2.73. The van der Waals surface area contributed by atoms with Crippen molar-refractivity contribution in [2.45, 2.75) is 0 Å². The third-order valence-electron chi connectivity index (χ3n) is 3.12. The van der Waals surface area contributed by atoms with Crippen molar-refractivity contribution in [1.82, 2.24) is 15.0 Å². The molecule has 0 bridgehead atoms. The first-order valence-electron chi connectivity index (χ1n) is 6.85. The first kappa shape index (κ1) is 15.2. The largest absolute Gasteiger partial charge is 0.357 e. The van der Waals surface area contributed by atoms with Crippen molar-refractivity contribution in [3.63, 3.8) is 0 Å². The number of pyridine rings is 1. The van der Waals surface area contributed by atoms with Gasteiger partial charge in [0.2, 0.25) is 5.95 Å². The standard InChI is InChI=1S/C16H13ClFN5/c1-19-16-22-14(10-4-6-20-7-5-10)9-15(23-16)21-11-2-3-13(18)12(17)8-11/h2-9H,1H3,(H2,19,21,22,23). The maximum atomic E-state index is 13.2. The normalized spacial score (nSPS) is 10.4. The Morgan fingerprint density at radius 2 is 1.83 bits per heavy atom. The van der Waals surface area contributed by atoms with E-state index in [1.165, 1.54) is 12.1 Å². The van der Waals surface area contributed by atoms with Crippen LogP contribution in [0.5, 0.6) is 0 Å². The zero-order valence-corrected chi connectivity index (χ0v) is 13.0. The molecular formula is C16H13ClFN5. The Labute approximate surface area is 137 Å². The zero-order valence-electron chi connectivity index (χ0n) is 12.2. The highest BCUT2D eigenvalue weighted by molar-refractivity contribution is 6.31. The van der Waals surface area contributed by atoms with E-state index in [1.807, 2.05) is 12.1 Å². The van der Waals surface area contributed by atoms with E-state index in [0.29, 0.717) is 17.5 Å². The van der Waals surface area contributed by atoms with Gasteiger partial charge in [0, 0.05) is 36.8 Å². The molecule has 2 heterocycles. The summed E-state index contributed by atoms with van der Waals surface area (Å²) in [5.74, 6) is 0.571. The lowest BCUT2D eigenvalue weighted by Gasteiger charge is -2.10. The number of halogens is 2. The SMILES string of the molecule is CNc1nc(Nc2ccc(F)c(Cl)c2)cc(-c2ccncc2)n1. The number of benzene rings is 1. The average Bonchev–Trinajstić information content (AvgIpc) is 2.58. The van der Waals surface area contributed by atoms with Crippen LogP contribution in [0.4, 0.5) is 21.8 Å². The fourth-order valence-electron chi connectivity index (χ4n) is 2.02. The molecule has 5 nitrogen and oxygen atoms in total. The van der Waals surface area contributed by atoms with E-state index in [4.69, 9.17) is 11.6 Å². The predicted octanol–water partition coefficient (Wildman–Crippen LogP) is 4.12. The summed E-state index contributed by atoms with van der Waals surface area (Å²) in [5, 5.41) is 6.07. The van der Waals surface area contributed by atoms with E-state index in [2.05, 4.69) is 25.6 Å². The summed E-state index contributed by atoms with van der Waals surface area (Å²) in [6.45, 7) is 0. The van der Waals surface area contributed by atoms with Crippen LogP contribution in [0.25, 0.3) is 11.3 Å². The Bertz CT molecular complexity index is 826. The maximum absolute atomic E-state index is 13.2. The second-order valence-electron chi connectivity index (χ2n) is 4.70. The van der Waals surface area contributed by atoms with Gasteiger partial charge in [-0.3, -0.25) is 4.98 Å². The molecule has 0 unspecified atom stereocenters. The fraction of sp³-hybridized carbons (Fsp3) is 0.0625. The third kappa shape index (κ3) is 3.54. The second kappa shape index (κ2) is 6.58. The molecule has 3 aromatic rings. The van der Waals surface area contributed by atoms with Gasteiger partial charge in [0.15, 0.2) is 0 Å². The van der Waals surface area contributed by atoms with Gasteiger partial charge in [-0.2, -0.15) is 4.98 Å². The number of nitrogens with zero attached hydrogens (tertiary/aromatic N) is 3. The molecule has 0 spiro atoms. The molecule has 0 atom stereocenters. The molecule has 0 aliphatic rings. The van der Waals surface area contributed by atoms with Crippen LogP contribution < -0.4 is 10.6 Å². The predicted molar refractivity (Wildman–Crippen MR) is 89.5 cm³/mol. The Balaban J connectivity index is 1.97. The van der Waals surface area contributed by atoms with Crippen molar-refractivity contribution in [3.8, 4) is 11.3 Å². The van der Waals surface area contributed by atoms with Crippen molar-refractivity contribution in [2.24, 2.45) is 0 Å². The van der Waals surface area contributed by atoms with Gasteiger partial charge in [0.05, 0.1) is 10.7 Å². The number of nitrogens with one attached hydrogen (secondary N) is 2. The first-order valence-corrected chi connectivity index (χ1v) is 7.23. The molecule has 7 heteroatoms. The van der Waals surface area contributed by atoms with Gasteiger partial charge in [-0.15, -0.1) is 0 Å². The van der Waals surface area contributed by atoms with Crippen LogP contribution in [-0.4, -0.2) is 22.0 Å². The van der Waals surface area contributed by atoms with Crippen molar-refractivity contribution in [1.29, 1.82) is 0 Å². The van der Waals surface area contributed by atoms with E-state index >= 15 is 0 Å². The maximum Gasteiger partial charge on any atom is 0.224 e. The first-order chi connectivity index (χ1) is 11.2. The second-order valence-corrected chi connectivity index (χ2v) is 5.11. The van der Waals surface area contributed by atoms with Crippen LogP contribution in [-0.2, 0) is 0 Å². The van der Waals surface area contributed by atoms with Gasteiger partial charge < -0.3 is 10.6 Å². The number of hydrogen-bond acceptors (Lipinski definition) is 5. The molecule has 0 aliphatic heterocycles. The highest BCUT2D eigenvalue weighted by atomic mass is 35.5. The summed E-state index contributed by atoms with van der Waals surface area (Å²) in [5.41, 5.74) is 2.29. The number of aromatic nitrogens is 3. The Kier molecular flexibility index (Phi) is 4.34. The van der Waals surface area contributed by atoms with E-state index in [0.717, 1.165) is 11.3 Å². The van der Waals surface area contributed by atoms with Crippen molar-refractivity contribution >= 4 is 29.1 Å². The lowest BCUT2D eigenvalue weighted by molar-refractivity contribution is 0.628. The molecule has 23 heavy (non-hydrogen) atoms. The molecule has 0 aliphatic carbocycles. The van der Waals surface area contributed by atoms with Crippen LogP contribution in [0.3, 0.4) is 0 Å². The minimum absolute atomic E-state index is 0.0484. The van der Waals surface area contributed by atoms with Gasteiger partial charge in [0.1, 0.15) is 11.6 Å². The van der Waals surface area contributed by atoms with Gasteiger partial charge in [0.25, 0.3) is 0 Å². The molecule has 1 aromatic carbocycles. The Morgan fingerprint density at radius 1 is 1.04 bits per heavy atom. The lowest BCUT2D eigenvalue weighted by Crippen LogP contribution is -2.02. The van der Waals surface area contributed by atoms with Crippen LogP contribution in [0.2, 0.25) is 5.02 Å². The van der Waals surface area contributed by atoms with Crippen LogP contribution >= 0.6 is 11.6 Å². The summed E-state index contributed by atoms with van der Waals surface area (Å²) in [4.78, 5) is 12.8. The van der Waals surface area contributed by atoms with Crippen LogP contribution in [0, 0.1) is 5.82 Å². The van der Waals surface area contributed by atoms with Crippen LogP contribution in [0.1, 0.15) is 0 Å². The molecule has 0 saturated carbocycles. The molecule has 116 valence electrons. The number of anilines is 3. The van der Waals surface area contributed by atoms with E-state index in [-0.39, 0.29) is 5.02 Å². The molecule has 2 aromatic heterocycles. The molecule has 2 N–H and O–H groups in total. The van der Waals surface area contributed by atoms with E-state index in [1.54, 1.807) is 31.6 Å². The number of rotatable bonds is 4. The monoisotopic (exact) mass is 329 g/mol. The topological polar surface area (TPSA) is 62.7 Å². The quantitative estimate of drug-likeness (QED) is 0.754. The molecule has 0 radical (unpaired) electrons. The van der Waals surface area contributed by atoms with Crippen molar-refractivity contribution in [2.75, 3.05) is 17.7 Å². The minimum atomic E-state index is -0.465. The number of hydrogen-bond donors (Lipinski definition) is 2. The zero-order chi connectivity index (χ0) is 16.2. The molecule has 0 fully saturated rings. The van der Waals surface area contributed by atoms with Crippen LogP contribution in [0.15, 0.2) is 48.8 Å². The average molecular weight is 330 g/mol. The van der Waals surface area contributed by atoms with E-state index in [9.17, 15) is 4.39 Å². The third-order valence-corrected chi connectivity index (χ3v) is 3.41. The van der Waals surface area contributed by atoms with Crippen molar-refractivity contribution < 1.29 is 4.39 Å². The van der Waals surface area contributed by atoms with Crippen molar-refractivity contribution in [3.05, 3.63) is 59.6 Å². The van der Waals surface area contributed by atoms with Gasteiger partial charge in [-0.25, -0.2) is 9.37 Å². The lowest BCUT2D eigenvalue weighted by atomic mass is 10.2. The highest BCUT2D eigenvalue weighted by Crippen LogP contribution is 2.25. The summed E-state index contributed by atoms with van der Waals surface area (Å²) < 4.78 is 13.2. The molecular weight excluding hydrogens is 317 g/mol. The summed E-state index contributed by atoms with van der Waals surface area (Å²) in [6, 6.07) is 9.92. The summed E-state index contributed by atoms with van der Waals surface area (Å²) in [7, 11) is 1.74. The van der Waals surface area contributed by atoms with Gasteiger partial charge in [-0.1, -0.05) is 11.6 Å². The fourth-order valence-corrected chi connectivity index (χ4v) is 2.20. The molecule has 0 saturated heterocycles. The Morgan fingerprint density at radius 3 is 2.52 bits per heavy atom. The molecule has 3 rings (SSSR count). The smallest absolute Gasteiger partial charge is 0.224 e. The van der Waals surface area contributed by atoms with Gasteiger partial charge in [-0.05, 0) is 30.3 Å². The highest BCUT2D eigenvalue weighted by Gasteiger charge is 2.07. The molecule has 0 amide bonds. The van der Waals surface area contributed by atoms with Gasteiger partial charge >= 0.3 is 0 Å². The summed E-state index contributed by atoms with van der Waals surface area (Å²) in [6.07, 6.45) is 3.40. The van der Waals surface area contributed by atoms with E-state index < -0.39 is 5.82 Å². The minimum Gasteiger partial charge on any atom is -0.357 e. The summed E-state index contributed by atoms with van der Waals surface area (Å²) >= 11 is 5.80.